The summed E-state index contributed by atoms with van der Waals surface area (Å²) in [6.45, 7) is 8.75. The molecule has 1 unspecified atom stereocenters. The number of nitrogens with two attached hydrogens (primary N) is 1. The van der Waals surface area contributed by atoms with Crippen LogP contribution in [0.4, 0.5) is 0 Å². The summed E-state index contributed by atoms with van der Waals surface area (Å²) in [4.78, 5) is 20.3. The molecule has 1 aliphatic rings. The van der Waals surface area contributed by atoms with E-state index in [1.165, 1.54) is 0 Å². The molecule has 1 aromatic rings. The van der Waals surface area contributed by atoms with Gasteiger partial charge in [-0.15, -0.1) is 24.8 Å². The molecule has 2 rings (SSSR count). The lowest BCUT2D eigenvalue weighted by molar-refractivity contribution is -0.134. The molecule has 22 heavy (non-hydrogen) atoms. The molecule has 2 atom stereocenters. The number of amides is 1. The van der Waals surface area contributed by atoms with Crippen LogP contribution in [-0.4, -0.2) is 58.1 Å². The van der Waals surface area contributed by atoms with Gasteiger partial charge in [-0.25, -0.2) is 0 Å². The third-order valence-corrected chi connectivity index (χ3v) is 3.72. The molecule has 0 saturated carbocycles. The van der Waals surface area contributed by atoms with Gasteiger partial charge in [-0.1, -0.05) is 12.1 Å². The molecule has 1 aliphatic heterocycles. The van der Waals surface area contributed by atoms with Crippen molar-refractivity contribution in [2.45, 2.75) is 39.3 Å². The van der Waals surface area contributed by atoms with Gasteiger partial charge in [-0.05, 0) is 13.8 Å². The molecule has 128 valence electrons. The van der Waals surface area contributed by atoms with Crippen LogP contribution in [0.2, 0.25) is 0 Å². The van der Waals surface area contributed by atoms with Crippen molar-refractivity contribution >= 4 is 30.7 Å². The fraction of sp³-hybridized carbons (Fsp3) is 0.769. The number of carbonyl (C=O) groups excluding carboxylic acids is 1. The van der Waals surface area contributed by atoms with E-state index in [1.807, 2.05) is 11.8 Å². The molecule has 1 aromatic heterocycles. The Morgan fingerprint density at radius 1 is 1.27 bits per heavy atom. The van der Waals surface area contributed by atoms with E-state index in [9.17, 15) is 4.79 Å². The van der Waals surface area contributed by atoms with Crippen molar-refractivity contribution in [3.05, 3.63) is 11.7 Å². The molecule has 0 radical (unpaired) electrons. The van der Waals surface area contributed by atoms with Crippen molar-refractivity contribution in [1.29, 1.82) is 0 Å². The second kappa shape index (κ2) is 9.29. The summed E-state index contributed by atoms with van der Waals surface area (Å²) in [5.74, 6) is 1.40. The summed E-state index contributed by atoms with van der Waals surface area (Å²) < 4.78 is 5.28. The molecule has 0 aliphatic carbocycles. The molecule has 2 heterocycles. The number of rotatable bonds is 4. The topological polar surface area (TPSA) is 88.5 Å². The third kappa shape index (κ3) is 4.81. The highest BCUT2D eigenvalue weighted by Gasteiger charge is 2.28. The van der Waals surface area contributed by atoms with Crippen LogP contribution in [0.1, 0.15) is 38.5 Å². The molecule has 1 saturated heterocycles. The number of nitrogens with zero attached hydrogens (tertiary/aromatic N) is 4. The molecule has 7 nitrogen and oxygen atoms in total. The van der Waals surface area contributed by atoms with Crippen LogP contribution >= 0.6 is 24.8 Å². The lowest BCUT2D eigenvalue weighted by atomic mass is 10.2. The van der Waals surface area contributed by atoms with E-state index in [-0.39, 0.29) is 36.8 Å². The van der Waals surface area contributed by atoms with Gasteiger partial charge in [0.05, 0.1) is 12.1 Å². The van der Waals surface area contributed by atoms with E-state index in [0.29, 0.717) is 19.0 Å². The van der Waals surface area contributed by atoms with Crippen LogP contribution in [0, 0.1) is 0 Å². The molecular weight excluding hydrogens is 329 g/mol. The van der Waals surface area contributed by atoms with Crippen LogP contribution in [0.15, 0.2) is 4.52 Å². The number of aryl methyl sites for hydroxylation is 1. The first-order valence-electron chi connectivity index (χ1n) is 7.13. The molecule has 1 fully saturated rings. The minimum absolute atomic E-state index is 0. The zero-order valence-electron chi connectivity index (χ0n) is 13.2. The number of carbonyl (C=O) groups is 1. The Bertz CT molecular complexity index is 461. The number of halogens is 2. The predicted octanol–water partition coefficient (Wildman–Crippen LogP) is 1.03. The SMILES string of the molecule is CCc1noc(C(C)N2CCN(C(=O)[C@@H](C)N)CC2)n1.Cl.Cl. The first kappa shape index (κ1) is 21.1. The summed E-state index contributed by atoms with van der Waals surface area (Å²) in [7, 11) is 0. The van der Waals surface area contributed by atoms with Crippen molar-refractivity contribution in [3.63, 3.8) is 0 Å². The van der Waals surface area contributed by atoms with Crippen molar-refractivity contribution in [3.8, 4) is 0 Å². The highest BCUT2D eigenvalue weighted by molar-refractivity contribution is 5.85. The van der Waals surface area contributed by atoms with E-state index < -0.39 is 6.04 Å². The molecule has 0 spiro atoms. The number of hydrogen-bond acceptors (Lipinski definition) is 6. The Hall–Kier alpha value is -0.890. The van der Waals surface area contributed by atoms with E-state index >= 15 is 0 Å². The van der Waals surface area contributed by atoms with E-state index in [2.05, 4.69) is 22.0 Å². The number of piperazine rings is 1. The Labute approximate surface area is 143 Å². The predicted molar refractivity (Wildman–Crippen MR) is 88.4 cm³/mol. The average Bonchev–Trinajstić information content (AvgIpc) is 2.94. The monoisotopic (exact) mass is 353 g/mol. The molecule has 9 heteroatoms. The maximum atomic E-state index is 11.8. The summed E-state index contributed by atoms with van der Waals surface area (Å²) in [6.07, 6.45) is 0.771. The van der Waals surface area contributed by atoms with Crippen molar-refractivity contribution in [2.24, 2.45) is 5.73 Å². The second-order valence-corrected chi connectivity index (χ2v) is 5.23. The standard InChI is InChI=1S/C13H23N5O2.2ClH/c1-4-11-15-12(20-16-11)10(3)17-5-7-18(8-6-17)13(19)9(2)14;;/h9-10H,4-8,14H2,1-3H3;2*1H/t9-,10?;;/m1../s1. The number of aromatic nitrogens is 2. The maximum absolute atomic E-state index is 11.8. The average molecular weight is 354 g/mol. The lowest BCUT2D eigenvalue weighted by Crippen LogP contribution is -2.52. The summed E-state index contributed by atoms with van der Waals surface area (Å²) in [6, 6.07) is -0.350. The smallest absolute Gasteiger partial charge is 0.243 e. The third-order valence-electron chi connectivity index (χ3n) is 3.72. The Morgan fingerprint density at radius 2 is 1.86 bits per heavy atom. The van der Waals surface area contributed by atoms with Gasteiger partial charge in [0.1, 0.15) is 0 Å². The van der Waals surface area contributed by atoms with Gasteiger partial charge in [-0.2, -0.15) is 4.98 Å². The van der Waals surface area contributed by atoms with Crippen LogP contribution in [-0.2, 0) is 11.2 Å². The Morgan fingerprint density at radius 3 is 2.32 bits per heavy atom. The summed E-state index contributed by atoms with van der Waals surface area (Å²) in [5, 5.41) is 3.92. The Balaban J connectivity index is 0.00000220. The van der Waals surface area contributed by atoms with Crippen LogP contribution in [0.25, 0.3) is 0 Å². The minimum atomic E-state index is -0.429. The van der Waals surface area contributed by atoms with Gasteiger partial charge in [0, 0.05) is 32.6 Å². The highest BCUT2D eigenvalue weighted by atomic mass is 35.5. The fourth-order valence-corrected chi connectivity index (χ4v) is 2.35. The first-order valence-corrected chi connectivity index (χ1v) is 7.13. The molecule has 0 bridgehead atoms. The van der Waals surface area contributed by atoms with E-state index in [1.54, 1.807) is 6.92 Å². The minimum Gasteiger partial charge on any atom is -0.339 e. The second-order valence-electron chi connectivity index (χ2n) is 5.23. The first-order chi connectivity index (χ1) is 9.52. The fourth-order valence-electron chi connectivity index (χ4n) is 2.35. The summed E-state index contributed by atoms with van der Waals surface area (Å²) in [5.41, 5.74) is 5.63. The quantitative estimate of drug-likeness (QED) is 0.869. The van der Waals surface area contributed by atoms with Crippen LogP contribution in [0.3, 0.4) is 0 Å². The number of hydrogen-bond donors (Lipinski definition) is 1. The molecule has 2 N–H and O–H groups in total. The lowest BCUT2D eigenvalue weighted by Gasteiger charge is -2.37. The van der Waals surface area contributed by atoms with E-state index in [4.69, 9.17) is 10.3 Å². The Kier molecular flexibility index (Phi) is 8.92. The van der Waals surface area contributed by atoms with Gasteiger partial charge in [-0.3, -0.25) is 9.69 Å². The normalized spacial score (nSPS) is 18.1. The zero-order chi connectivity index (χ0) is 14.7. The van der Waals surface area contributed by atoms with Gasteiger partial charge in [0.15, 0.2) is 5.82 Å². The maximum Gasteiger partial charge on any atom is 0.243 e. The van der Waals surface area contributed by atoms with Crippen molar-refractivity contribution in [1.82, 2.24) is 19.9 Å². The van der Waals surface area contributed by atoms with Gasteiger partial charge < -0.3 is 15.2 Å². The highest BCUT2D eigenvalue weighted by Crippen LogP contribution is 2.20. The largest absolute Gasteiger partial charge is 0.339 e. The van der Waals surface area contributed by atoms with Crippen LogP contribution in [0.5, 0.6) is 0 Å². The molecule has 0 aromatic carbocycles. The van der Waals surface area contributed by atoms with Gasteiger partial charge in [0.2, 0.25) is 11.8 Å². The van der Waals surface area contributed by atoms with Gasteiger partial charge in [0.25, 0.3) is 0 Å². The van der Waals surface area contributed by atoms with Gasteiger partial charge >= 0.3 is 0 Å². The molecule has 1 amide bonds. The van der Waals surface area contributed by atoms with Crippen molar-refractivity contribution in [2.75, 3.05) is 26.2 Å². The molecular formula is C13H25Cl2N5O2. The zero-order valence-corrected chi connectivity index (χ0v) is 14.8. The van der Waals surface area contributed by atoms with Crippen LogP contribution < -0.4 is 5.73 Å². The van der Waals surface area contributed by atoms with E-state index in [0.717, 1.165) is 25.3 Å². The summed E-state index contributed by atoms with van der Waals surface area (Å²) >= 11 is 0. The van der Waals surface area contributed by atoms with Crippen molar-refractivity contribution < 1.29 is 9.32 Å².